The number of para-hydroxylation sites is 1. The molecule has 39 heavy (non-hydrogen) atoms. The van der Waals surface area contributed by atoms with E-state index >= 15 is 0 Å². The highest BCUT2D eigenvalue weighted by Gasteiger charge is 2.20. The molecule has 1 heteroatoms. The third kappa shape index (κ3) is 3.41. The van der Waals surface area contributed by atoms with Gasteiger partial charge >= 0.3 is 0 Å². The van der Waals surface area contributed by atoms with Crippen molar-refractivity contribution in [3.05, 3.63) is 145 Å². The Kier molecular flexibility index (Phi) is 3.04. The van der Waals surface area contributed by atoms with Gasteiger partial charge in [0.05, 0.1) is 15.1 Å². The molecule has 8 aromatic rings. The molecule has 0 aliphatic rings. The lowest BCUT2D eigenvalue weighted by Gasteiger charge is -2.18. The molecule has 0 saturated heterocycles. The van der Waals surface area contributed by atoms with Crippen LogP contribution in [0.4, 0.5) is 0 Å². The molecule has 0 aliphatic heterocycles. The summed E-state index contributed by atoms with van der Waals surface area (Å²) in [6.45, 7) is 0. The van der Waals surface area contributed by atoms with Gasteiger partial charge in [0.25, 0.3) is 0 Å². The zero-order valence-electron chi connectivity index (χ0n) is 31.4. The number of fused-ring (bicyclic) bond motifs is 5. The van der Waals surface area contributed by atoms with E-state index < -0.39 is 30.2 Å². The minimum Gasteiger partial charge on any atom is -0.456 e. The summed E-state index contributed by atoms with van der Waals surface area (Å²) in [6.07, 6.45) is 0. The summed E-state index contributed by atoms with van der Waals surface area (Å²) >= 11 is 0. The molecule has 0 fully saturated rings. The first kappa shape index (κ1) is 13.6. The molecule has 1 aromatic heterocycles. The summed E-state index contributed by atoms with van der Waals surface area (Å²) in [4.78, 5) is 0. The normalized spacial score (nSPS) is 15.5. The summed E-state index contributed by atoms with van der Waals surface area (Å²) in [5.74, 6) is 0. The van der Waals surface area contributed by atoms with Gasteiger partial charge in [-0.1, -0.05) is 127 Å². The Morgan fingerprint density at radius 2 is 1.00 bits per heavy atom. The third-order valence-electron chi connectivity index (χ3n) is 7.07. The van der Waals surface area contributed by atoms with Crippen molar-refractivity contribution in [1.82, 2.24) is 0 Å². The van der Waals surface area contributed by atoms with Crippen molar-refractivity contribution in [3.63, 3.8) is 0 Å². The van der Waals surface area contributed by atoms with Crippen LogP contribution in [0.3, 0.4) is 0 Å². The second-order valence-electron chi connectivity index (χ2n) is 9.22. The summed E-state index contributed by atoms with van der Waals surface area (Å²) in [5.41, 5.74) is 1.94. The first-order chi connectivity index (χ1) is 24.0. The van der Waals surface area contributed by atoms with Crippen LogP contribution in [-0.2, 0) is 0 Å². The smallest absolute Gasteiger partial charge is 0.136 e. The third-order valence-corrected chi connectivity index (χ3v) is 7.07. The Morgan fingerprint density at radius 3 is 1.67 bits per heavy atom. The van der Waals surface area contributed by atoms with E-state index in [0.717, 1.165) is 0 Å². The SMILES string of the molecule is [2H]c1c([2H])c([2H])c(-c2c3ccccc3c(-c3c([2H])c(-c4ccccc4)c4c(oc5c([2H])c([2H])c([2H])c([2H])c54)c3[2H])c3ccccc23)c([2H])c1[2H]. The molecular formula is C38H24O. The van der Waals surface area contributed by atoms with Crippen LogP contribution in [0.5, 0.6) is 0 Å². The Bertz CT molecular complexity index is 2680. The fourth-order valence-corrected chi connectivity index (χ4v) is 5.47. The number of hydrogen-bond acceptors (Lipinski definition) is 1. The minimum atomic E-state index is -0.499. The second-order valence-corrected chi connectivity index (χ2v) is 9.22. The molecule has 0 unspecified atom stereocenters. The number of furan rings is 1. The molecule has 0 spiro atoms. The van der Waals surface area contributed by atoms with Gasteiger partial charge in [0.15, 0.2) is 0 Å². The number of benzene rings is 7. The molecule has 182 valence electrons. The average molecular weight is 508 g/mol. The van der Waals surface area contributed by atoms with Gasteiger partial charge in [-0.05, 0) is 73.1 Å². The highest BCUT2D eigenvalue weighted by molar-refractivity contribution is 6.23. The number of rotatable bonds is 3. The molecule has 1 heterocycles. The molecule has 0 atom stereocenters. The van der Waals surface area contributed by atoms with E-state index in [1.165, 1.54) is 0 Å². The van der Waals surface area contributed by atoms with Crippen molar-refractivity contribution in [2.45, 2.75) is 0 Å². The molecular weight excluding hydrogens is 472 g/mol. The van der Waals surface area contributed by atoms with Crippen molar-refractivity contribution in [1.29, 1.82) is 0 Å². The van der Waals surface area contributed by atoms with Crippen LogP contribution >= 0.6 is 0 Å². The van der Waals surface area contributed by atoms with Gasteiger partial charge in [-0.15, -0.1) is 0 Å². The molecule has 0 bridgehead atoms. The Balaban J connectivity index is 1.62. The van der Waals surface area contributed by atoms with Crippen LogP contribution in [0.15, 0.2) is 150 Å². The maximum absolute atomic E-state index is 9.81. The maximum atomic E-state index is 9.81. The summed E-state index contributed by atoms with van der Waals surface area (Å²) in [6, 6.07) is 19.3. The standard InChI is InChI=1S/C38H24O/c1-3-13-25(14-4-1)33-23-27(24-35-38(33)32-21-11-12-22-34(32)39-35)37-30-19-9-7-17-28(30)36(26-15-5-2-6-16-26)29-18-8-10-20-31(29)37/h1-24H/i2D,5D,6D,11D,12D,15D,16D,21D,22D,23D,24D. The van der Waals surface area contributed by atoms with Crippen LogP contribution in [-0.4, -0.2) is 0 Å². The zero-order valence-corrected chi connectivity index (χ0v) is 20.4. The summed E-state index contributed by atoms with van der Waals surface area (Å²) in [5, 5.41) is 2.54. The fraction of sp³-hybridized carbons (Fsp3) is 0. The van der Waals surface area contributed by atoms with Crippen molar-refractivity contribution in [2.24, 2.45) is 0 Å². The van der Waals surface area contributed by atoms with E-state index in [1.807, 2.05) is 18.2 Å². The second kappa shape index (κ2) is 8.72. The Hall–Kier alpha value is -5.14. The van der Waals surface area contributed by atoms with Gasteiger partial charge in [0.1, 0.15) is 11.2 Å². The van der Waals surface area contributed by atoms with Crippen LogP contribution in [0.2, 0.25) is 0 Å². The highest BCUT2D eigenvalue weighted by atomic mass is 16.3. The van der Waals surface area contributed by atoms with Crippen LogP contribution < -0.4 is 0 Å². The lowest BCUT2D eigenvalue weighted by molar-refractivity contribution is 0.669. The van der Waals surface area contributed by atoms with Gasteiger partial charge in [0.2, 0.25) is 0 Å². The van der Waals surface area contributed by atoms with Crippen molar-refractivity contribution < 1.29 is 19.5 Å². The van der Waals surface area contributed by atoms with E-state index in [1.54, 1.807) is 60.7 Å². The molecule has 0 amide bonds. The van der Waals surface area contributed by atoms with Gasteiger partial charge in [0, 0.05) is 10.8 Å². The maximum Gasteiger partial charge on any atom is 0.136 e. The van der Waals surface area contributed by atoms with E-state index in [-0.39, 0.29) is 69.3 Å². The zero-order chi connectivity index (χ0) is 35.3. The van der Waals surface area contributed by atoms with Gasteiger partial charge in [-0.2, -0.15) is 0 Å². The Morgan fingerprint density at radius 1 is 0.436 bits per heavy atom. The average Bonchev–Trinajstić information content (AvgIpc) is 3.53. The van der Waals surface area contributed by atoms with Crippen molar-refractivity contribution in [3.8, 4) is 33.4 Å². The first-order valence-corrected chi connectivity index (χ1v) is 12.5. The van der Waals surface area contributed by atoms with Crippen molar-refractivity contribution >= 4 is 43.5 Å². The van der Waals surface area contributed by atoms with Crippen LogP contribution in [0, 0.1) is 0 Å². The fourth-order valence-electron chi connectivity index (χ4n) is 5.47. The number of hydrogen-bond donors (Lipinski definition) is 0. The van der Waals surface area contributed by atoms with Gasteiger partial charge in [-0.3, -0.25) is 0 Å². The predicted molar refractivity (Wildman–Crippen MR) is 165 cm³/mol. The Labute approximate surface area is 242 Å². The topological polar surface area (TPSA) is 13.1 Å². The lowest BCUT2D eigenvalue weighted by Crippen LogP contribution is -1.91. The molecule has 0 saturated carbocycles. The van der Waals surface area contributed by atoms with Gasteiger partial charge < -0.3 is 4.42 Å². The molecule has 0 radical (unpaired) electrons. The van der Waals surface area contributed by atoms with E-state index in [9.17, 15) is 2.74 Å². The molecule has 0 N–H and O–H groups in total. The van der Waals surface area contributed by atoms with Crippen LogP contribution in [0.1, 0.15) is 15.1 Å². The summed E-state index contributed by atoms with van der Waals surface area (Å²) < 4.78 is 102. The van der Waals surface area contributed by atoms with Gasteiger partial charge in [-0.25, -0.2) is 0 Å². The molecule has 7 aromatic carbocycles. The monoisotopic (exact) mass is 507 g/mol. The van der Waals surface area contributed by atoms with E-state index in [0.29, 0.717) is 43.8 Å². The first-order valence-electron chi connectivity index (χ1n) is 18.0. The highest BCUT2D eigenvalue weighted by Crippen LogP contribution is 2.46. The van der Waals surface area contributed by atoms with Crippen LogP contribution in [0.25, 0.3) is 76.9 Å². The van der Waals surface area contributed by atoms with Crippen molar-refractivity contribution in [2.75, 3.05) is 0 Å². The molecule has 1 nitrogen and oxygen atoms in total. The minimum absolute atomic E-state index is 0.000267. The van der Waals surface area contributed by atoms with E-state index in [4.69, 9.17) is 16.8 Å². The quantitative estimate of drug-likeness (QED) is 0.217. The lowest BCUT2D eigenvalue weighted by atomic mass is 9.85. The molecule has 8 rings (SSSR count). The summed E-state index contributed by atoms with van der Waals surface area (Å²) in [7, 11) is 0. The largest absolute Gasteiger partial charge is 0.456 e. The predicted octanol–water partition coefficient (Wildman–Crippen LogP) is 10.9. The van der Waals surface area contributed by atoms with E-state index in [2.05, 4.69) is 0 Å². The molecule has 0 aliphatic carbocycles.